The zero-order valence-corrected chi connectivity index (χ0v) is 21.7. The SMILES string of the molecule is COC1=CCC(CCOP(c2ccccc2)c2ccccc2)=C[CH+]1.F[P-](F)(F)(F)(F)F.[C-]#[O+].[C-]#[O+].[Fe]. The van der Waals surface area contributed by atoms with Crippen molar-refractivity contribution < 1.29 is 60.8 Å². The number of ether oxygens (including phenoxy) is 1. The summed E-state index contributed by atoms with van der Waals surface area (Å²) in [5, 5.41) is 2.51. The summed E-state index contributed by atoms with van der Waals surface area (Å²) in [6.07, 6.45) is 8.18. The van der Waals surface area contributed by atoms with Crippen LogP contribution in [0.3, 0.4) is 0 Å². The summed E-state index contributed by atoms with van der Waals surface area (Å²) in [5.74, 6) is 0.940. The zero-order chi connectivity index (χ0) is 27.0. The van der Waals surface area contributed by atoms with Crippen LogP contribution < -0.4 is 10.6 Å². The Morgan fingerprint density at radius 3 is 1.61 bits per heavy atom. The van der Waals surface area contributed by atoms with Gasteiger partial charge >= 0.3 is 55.6 Å². The third-order valence-electron chi connectivity index (χ3n) is 3.91. The van der Waals surface area contributed by atoms with Crippen LogP contribution in [0.5, 0.6) is 0 Å². The van der Waals surface area contributed by atoms with Crippen molar-refractivity contribution in [3.8, 4) is 0 Å². The molecular formula is C23H22F6FeO4P2. The minimum atomic E-state index is -10.7. The molecule has 4 nitrogen and oxygen atoms in total. The Kier molecular flexibility index (Phi) is 16.0. The fourth-order valence-corrected chi connectivity index (χ4v) is 4.35. The number of methoxy groups -OCH3 is 1. The summed E-state index contributed by atoms with van der Waals surface area (Å²) in [4.78, 5) is 0. The first-order valence-electron chi connectivity index (χ1n) is 9.59. The molecule has 0 saturated carbocycles. The van der Waals surface area contributed by atoms with Crippen molar-refractivity contribution in [2.75, 3.05) is 13.7 Å². The fraction of sp³-hybridized carbons (Fsp3) is 0.174. The van der Waals surface area contributed by atoms with Gasteiger partial charge in [0.15, 0.2) is 0 Å². The molecule has 36 heavy (non-hydrogen) atoms. The van der Waals surface area contributed by atoms with E-state index < -0.39 is 16.0 Å². The monoisotopic (exact) mass is 594 g/mol. The second-order valence-electron chi connectivity index (χ2n) is 6.51. The normalized spacial score (nSPS) is 13.9. The van der Waals surface area contributed by atoms with Gasteiger partial charge in [0, 0.05) is 39.7 Å². The van der Waals surface area contributed by atoms with Crippen LogP contribution in [-0.4, -0.2) is 13.7 Å². The number of allylic oxidation sites excluding steroid dienone is 2. The fourth-order valence-electron chi connectivity index (χ4n) is 2.60. The second-order valence-corrected chi connectivity index (χ2v) is 10.3. The van der Waals surface area contributed by atoms with Gasteiger partial charge in [-0.05, 0) is 0 Å². The van der Waals surface area contributed by atoms with Crippen molar-refractivity contribution in [1.82, 2.24) is 0 Å². The summed E-state index contributed by atoms with van der Waals surface area (Å²) >= 11 is 0. The summed E-state index contributed by atoms with van der Waals surface area (Å²) in [5.41, 5.74) is 1.38. The van der Waals surface area contributed by atoms with Gasteiger partial charge in [-0.15, -0.1) is 0 Å². The largest absolute Gasteiger partial charge is 0 e. The summed E-state index contributed by atoms with van der Waals surface area (Å²) in [6.45, 7) is 9.73. The topological polar surface area (TPSA) is 58.3 Å². The van der Waals surface area contributed by atoms with E-state index in [0.29, 0.717) is 0 Å². The Balaban J connectivity index is 0. The van der Waals surface area contributed by atoms with Gasteiger partial charge in [-0.1, -0.05) is 60.7 Å². The molecule has 2 aromatic rings. The maximum absolute atomic E-state index is 10.7. The minimum absolute atomic E-state index is 0. The van der Waals surface area contributed by atoms with Crippen molar-refractivity contribution >= 4 is 26.6 Å². The molecule has 0 bridgehead atoms. The van der Waals surface area contributed by atoms with Crippen LogP contribution in [0.1, 0.15) is 12.8 Å². The van der Waals surface area contributed by atoms with Crippen molar-refractivity contribution in [2.24, 2.45) is 0 Å². The molecule has 0 N–H and O–H groups in total. The van der Waals surface area contributed by atoms with E-state index in [0.717, 1.165) is 25.2 Å². The Morgan fingerprint density at radius 1 is 0.861 bits per heavy atom. The van der Waals surface area contributed by atoms with E-state index in [9.17, 15) is 25.2 Å². The Morgan fingerprint density at radius 2 is 1.28 bits per heavy atom. The zero-order valence-electron chi connectivity index (χ0n) is 18.8. The molecule has 0 fully saturated rings. The minimum Gasteiger partial charge on any atom is 0 e. The first-order valence-corrected chi connectivity index (χ1v) is 12.9. The molecule has 0 amide bonds. The summed E-state index contributed by atoms with van der Waals surface area (Å²) in [7, 11) is -9.72. The number of hydrogen-bond donors (Lipinski definition) is 0. The average molecular weight is 594 g/mol. The van der Waals surface area contributed by atoms with E-state index in [2.05, 4.69) is 74.0 Å². The van der Waals surface area contributed by atoms with Crippen molar-refractivity contribution in [3.63, 3.8) is 0 Å². The van der Waals surface area contributed by atoms with Crippen molar-refractivity contribution in [1.29, 1.82) is 0 Å². The van der Waals surface area contributed by atoms with Crippen LogP contribution in [0.15, 0.2) is 84.1 Å². The van der Waals surface area contributed by atoms with Gasteiger partial charge in [0.2, 0.25) is 5.76 Å². The van der Waals surface area contributed by atoms with E-state index in [1.807, 2.05) is 18.6 Å². The van der Waals surface area contributed by atoms with Crippen LogP contribution in [0.25, 0.3) is 0 Å². The molecule has 1 aliphatic rings. The number of hydrogen-bond acceptors (Lipinski definition) is 2. The molecule has 0 aliphatic heterocycles. The number of halogens is 6. The van der Waals surface area contributed by atoms with Crippen LogP contribution in [0.2, 0.25) is 0 Å². The van der Waals surface area contributed by atoms with Crippen LogP contribution in [-0.2, 0) is 35.6 Å². The maximum Gasteiger partial charge on any atom is 0 e. The molecule has 2 aromatic carbocycles. The Labute approximate surface area is 217 Å². The molecule has 0 saturated heterocycles. The first kappa shape index (κ1) is 36.1. The molecule has 0 radical (unpaired) electrons. The van der Waals surface area contributed by atoms with Gasteiger partial charge in [0.1, 0.15) is 0 Å². The number of rotatable bonds is 7. The summed E-state index contributed by atoms with van der Waals surface area (Å²) < 4.78 is 85.8. The Hall–Kier alpha value is -2.01. The molecule has 0 atom stereocenters. The maximum atomic E-state index is 9.87. The standard InChI is InChI=1S/C21H22O2P.2CO.F6P.Fe/c1-22-19-14-12-18(13-15-19)16-17-23-24(20-8-4-2-5-9-20)21-10-6-3-7-11-21;2*1-2;1-7(2,3,4,5)6;/h2-12,14-15H,13,16-17H2,1H3;;;;/q+1;;;-1;. The molecule has 0 unspecified atom stereocenters. The molecular weight excluding hydrogens is 572 g/mol. The molecule has 198 valence electrons. The third kappa shape index (κ3) is 19.2. The van der Waals surface area contributed by atoms with E-state index >= 15 is 0 Å². The van der Waals surface area contributed by atoms with Crippen LogP contribution in [0.4, 0.5) is 25.2 Å². The van der Waals surface area contributed by atoms with Crippen LogP contribution in [0, 0.1) is 19.7 Å². The molecule has 3 rings (SSSR count). The molecule has 0 spiro atoms. The number of benzene rings is 2. The molecule has 13 heteroatoms. The van der Waals surface area contributed by atoms with Crippen molar-refractivity contribution in [3.05, 3.63) is 104 Å². The molecule has 1 aliphatic carbocycles. The van der Waals surface area contributed by atoms with E-state index in [-0.39, 0.29) is 17.1 Å². The molecule has 0 aromatic heterocycles. The van der Waals surface area contributed by atoms with E-state index in [1.54, 1.807) is 7.11 Å². The van der Waals surface area contributed by atoms with Gasteiger partial charge in [-0.2, -0.15) is 0 Å². The smallest absolute Gasteiger partial charge is 0 e. The molecule has 0 heterocycles. The van der Waals surface area contributed by atoms with Gasteiger partial charge < -0.3 is 9.26 Å². The third-order valence-corrected chi connectivity index (χ3v) is 5.88. The van der Waals surface area contributed by atoms with E-state index in [4.69, 9.17) is 18.6 Å². The van der Waals surface area contributed by atoms with Crippen molar-refractivity contribution in [2.45, 2.75) is 12.8 Å². The van der Waals surface area contributed by atoms with Gasteiger partial charge in [0.25, 0.3) is 0 Å². The second kappa shape index (κ2) is 16.0. The van der Waals surface area contributed by atoms with Gasteiger partial charge in [0.05, 0.1) is 46.9 Å². The van der Waals surface area contributed by atoms with Crippen LogP contribution >= 0.6 is 16.0 Å². The van der Waals surface area contributed by atoms with Gasteiger partial charge in [-0.3, -0.25) is 0 Å². The summed E-state index contributed by atoms with van der Waals surface area (Å²) in [6, 6.07) is 21.0. The predicted molar refractivity (Wildman–Crippen MR) is 123 cm³/mol. The Bertz CT molecular complexity index is 940. The van der Waals surface area contributed by atoms with Gasteiger partial charge in [-0.25, -0.2) is 0 Å². The first-order chi connectivity index (χ1) is 16.3. The van der Waals surface area contributed by atoms with E-state index in [1.165, 1.54) is 16.2 Å². The predicted octanol–water partition coefficient (Wildman–Crippen LogP) is 7.81. The average Bonchev–Trinajstić information content (AvgIpc) is 2.84. The quantitative estimate of drug-likeness (QED) is 0.108.